The van der Waals surface area contributed by atoms with E-state index in [0.717, 1.165) is 0 Å². The molecule has 0 spiro atoms. The first-order valence-electron chi connectivity index (χ1n) is 8.25. The molecule has 0 bridgehead atoms. The molecule has 1 aromatic rings. The number of rotatable bonds is 7. The Morgan fingerprint density at radius 3 is 2.54 bits per heavy atom. The van der Waals surface area contributed by atoms with Gasteiger partial charge in [-0.3, -0.25) is 9.59 Å². The molecule has 1 unspecified atom stereocenters. The highest BCUT2D eigenvalue weighted by Gasteiger charge is 2.29. The van der Waals surface area contributed by atoms with Crippen molar-refractivity contribution in [3.8, 4) is 11.5 Å². The number of nitrogens with one attached hydrogen (secondary N) is 1. The lowest BCUT2D eigenvalue weighted by Gasteiger charge is -2.24. The average molecular weight is 384 g/mol. The molecule has 0 aliphatic carbocycles. The van der Waals surface area contributed by atoms with Crippen LogP contribution in [-0.2, 0) is 19.4 Å². The Morgan fingerprint density at radius 2 is 2.00 bits per heavy atom. The van der Waals surface area contributed by atoms with Gasteiger partial charge in [-0.1, -0.05) is 0 Å². The predicted molar refractivity (Wildman–Crippen MR) is 97.4 cm³/mol. The van der Waals surface area contributed by atoms with Gasteiger partial charge >= 0.3 is 0 Å². The van der Waals surface area contributed by atoms with Gasteiger partial charge in [0.1, 0.15) is 11.5 Å². The van der Waals surface area contributed by atoms with Gasteiger partial charge in [-0.2, -0.15) is 0 Å². The summed E-state index contributed by atoms with van der Waals surface area (Å²) in [6, 6.07) is 4.72. The Kier molecular flexibility index (Phi) is 6.47. The molecule has 1 aliphatic rings. The van der Waals surface area contributed by atoms with Gasteiger partial charge < -0.3 is 19.7 Å². The van der Waals surface area contributed by atoms with Gasteiger partial charge in [0, 0.05) is 32.0 Å². The van der Waals surface area contributed by atoms with Gasteiger partial charge in [-0.05, 0) is 18.6 Å². The predicted octanol–water partition coefficient (Wildman–Crippen LogP) is 0.750. The minimum atomic E-state index is -3.06. The number of nitrogens with zero attached hydrogens (tertiary/aromatic N) is 1. The Balaban J connectivity index is 2.05. The summed E-state index contributed by atoms with van der Waals surface area (Å²) in [5.41, 5.74) is 0.510. The van der Waals surface area contributed by atoms with Crippen molar-refractivity contribution in [2.24, 2.45) is 0 Å². The summed E-state index contributed by atoms with van der Waals surface area (Å²) in [5, 5.41) is 2.72. The Labute approximate surface area is 153 Å². The van der Waals surface area contributed by atoms with E-state index in [1.165, 1.54) is 26.0 Å². The van der Waals surface area contributed by atoms with E-state index in [1.807, 2.05) is 0 Å². The molecule has 144 valence electrons. The molecule has 2 rings (SSSR count). The van der Waals surface area contributed by atoms with Gasteiger partial charge in [-0.15, -0.1) is 0 Å². The van der Waals surface area contributed by atoms with Gasteiger partial charge in [0.25, 0.3) is 0 Å². The summed E-state index contributed by atoms with van der Waals surface area (Å²) < 4.78 is 33.4. The number of amides is 2. The topological polar surface area (TPSA) is 102 Å². The molecule has 1 N–H and O–H groups in total. The molecule has 9 heteroatoms. The highest BCUT2D eigenvalue weighted by molar-refractivity contribution is 7.91. The second-order valence-corrected chi connectivity index (χ2v) is 8.35. The first-order valence-corrected chi connectivity index (χ1v) is 10.1. The van der Waals surface area contributed by atoms with E-state index in [0.29, 0.717) is 23.6 Å². The molecule has 1 heterocycles. The molecule has 0 saturated carbocycles. The van der Waals surface area contributed by atoms with Crippen molar-refractivity contribution < 1.29 is 27.5 Å². The molecule has 1 fully saturated rings. The third-order valence-corrected chi connectivity index (χ3v) is 5.98. The average Bonchev–Trinajstić information content (AvgIpc) is 2.92. The van der Waals surface area contributed by atoms with Crippen LogP contribution in [0.2, 0.25) is 0 Å². The van der Waals surface area contributed by atoms with Crippen LogP contribution in [0.1, 0.15) is 19.8 Å². The Hall–Kier alpha value is -2.29. The van der Waals surface area contributed by atoms with Crippen molar-refractivity contribution in [1.82, 2.24) is 5.32 Å². The fourth-order valence-electron chi connectivity index (χ4n) is 2.88. The number of anilines is 1. The Bertz CT molecular complexity index is 777. The number of ether oxygens (including phenoxy) is 2. The van der Waals surface area contributed by atoms with Crippen LogP contribution in [0.25, 0.3) is 0 Å². The van der Waals surface area contributed by atoms with Crippen molar-refractivity contribution in [3.05, 3.63) is 18.2 Å². The minimum absolute atomic E-state index is 0.0289. The first-order chi connectivity index (χ1) is 12.3. The molecule has 1 aliphatic heterocycles. The lowest BCUT2D eigenvalue weighted by molar-refractivity contribution is -0.121. The third kappa shape index (κ3) is 5.10. The number of benzene rings is 1. The van der Waals surface area contributed by atoms with Gasteiger partial charge in [0.05, 0.1) is 31.4 Å². The van der Waals surface area contributed by atoms with E-state index in [9.17, 15) is 18.0 Å². The Morgan fingerprint density at radius 1 is 1.27 bits per heavy atom. The number of sulfone groups is 1. The SMILES string of the molecule is COc1ccc(OC)c(N(CCC(=O)NC2CCS(=O)(=O)C2)C(C)=O)c1. The maximum absolute atomic E-state index is 12.1. The third-order valence-electron chi connectivity index (χ3n) is 4.22. The van der Waals surface area contributed by atoms with Crippen LogP contribution >= 0.6 is 0 Å². The van der Waals surface area contributed by atoms with Gasteiger partial charge in [-0.25, -0.2) is 8.42 Å². The standard InChI is InChI=1S/C17H24N2O6S/c1-12(20)19(15-10-14(24-2)4-5-16(15)25-3)8-6-17(21)18-13-7-9-26(22,23)11-13/h4-5,10,13H,6-9,11H2,1-3H3,(H,18,21). The van der Waals surface area contributed by atoms with Crippen molar-refractivity contribution >= 4 is 27.3 Å². The normalized spacial score (nSPS) is 18.2. The number of carbonyl (C=O) groups excluding carboxylic acids is 2. The summed E-state index contributed by atoms with van der Waals surface area (Å²) in [4.78, 5) is 25.7. The van der Waals surface area contributed by atoms with E-state index < -0.39 is 9.84 Å². The first kappa shape index (κ1) is 20.0. The van der Waals surface area contributed by atoms with Crippen LogP contribution in [0.4, 0.5) is 5.69 Å². The molecule has 0 radical (unpaired) electrons. The van der Waals surface area contributed by atoms with Crippen molar-refractivity contribution in [2.75, 3.05) is 37.2 Å². The fraction of sp³-hybridized carbons (Fsp3) is 0.529. The van der Waals surface area contributed by atoms with E-state index in [-0.39, 0.29) is 42.3 Å². The van der Waals surface area contributed by atoms with Crippen LogP contribution in [0.5, 0.6) is 11.5 Å². The van der Waals surface area contributed by atoms with Crippen LogP contribution in [0.3, 0.4) is 0 Å². The second kappa shape index (κ2) is 8.39. The molecule has 1 saturated heterocycles. The highest BCUT2D eigenvalue weighted by Crippen LogP contribution is 2.32. The zero-order chi connectivity index (χ0) is 19.3. The lowest BCUT2D eigenvalue weighted by atomic mass is 10.2. The van der Waals surface area contributed by atoms with Gasteiger partial charge in [0.2, 0.25) is 11.8 Å². The van der Waals surface area contributed by atoms with E-state index in [4.69, 9.17) is 9.47 Å². The van der Waals surface area contributed by atoms with Crippen molar-refractivity contribution in [2.45, 2.75) is 25.8 Å². The number of carbonyl (C=O) groups is 2. The summed E-state index contributed by atoms with van der Waals surface area (Å²) >= 11 is 0. The smallest absolute Gasteiger partial charge is 0.223 e. The zero-order valence-electron chi connectivity index (χ0n) is 15.1. The molecule has 26 heavy (non-hydrogen) atoms. The fourth-order valence-corrected chi connectivity index (χ4v) is 4.55. The maximum Gasteiger partial charge on any atom is 0.223 e. The number of methoxy groups -OCH3 is 2. The molecule has 0 aromatic heterocycles. The molecule has 1 aromatic carbocycles. The summed E-state index contributed by atoms with van der Waals surface area (Å²) in [7, 11) is -0.0376. The second-order valence-electron chi connectivity index (χ2n) is 6.13. The number of hydrogen-bond acceptors (Lipinski definition) is 6. The molecule has 1 atom stereocenters. The van der Waals surface area contributed by atoms with Gasteiger partial charge in [0.15, 0.2) is 9.84 Å². The van der Waals surface area contributed by atoms with Crippen molar-refractivity contribution in [3.63, 3.8) is 0 Å². The van der Waals surface area contributed by atoms with E-state index in [1.54, 1.807) is 18.2 Å². The quantitative estimate of drug-likeness (QED) is 0.744. The van der Waals surface area contributed by atoms with Crippen LogP contribution in [0, 0.1) is 0 Å². The number of hydrogen-bond donors (Lipinski definition) is 1. The van der Waals surface area contributed by atoms with Crippen molar-refractivity contribution in [1.29, 1.82) is 0 Å². The molecule has 2 amide bonds. The minimum Gasteiger partial charge on any atom is -0.497 e. The zero-order valence-corrected chi connectivity index (χ0v) is 16.0. The lowest BCUT2D eigenvalue weighted by Crippen LogP contribution is -2.39. The monoisotopic (exact) mass is 384 g/mol. The molecular weight excluding hydrogens is 360 g/mol. The highest BCUT2D eigenvalue weighted by atomic mass is 32.2. The molecular formula is C17H24N2O6S. The van der Waals surface area contributed by atoms with E-state index in [2.05, 4.69) is 5.32 Å². The van der Waals surface area contributed by atoms with Crippen LogP contribution < -0.4 is 19.7 Å². The summed E-state index contributed by atoms with van der Waals surface area (Å²) in [6.07, 6.45) is 0.477. The van der Waals surface area contributed by atoms with Crippen LogP contribution in [-0.4, -0.2) is 58.5 Å². The summed E-state index contributed by atoms with van der Waals surface area (Å²) in [6.45, 7) is 1.55. The molecule has 8 nitrogen and oxygen atoms in total. The largest absolute Gasteiger partial charge is 0.497 e. The maximum atomic E-state index is 12.1. The summed E-state index contributed by atoms with van der Waals surface area (Å²) in [5.74, 6) is 0.584. The van der Waals surface area contributed by atoms with E-state index >= 15 is 0 Å². The van der Waals surface area contributed by atoms with Crippen LogP contribution in [0.15, 0.2) is 18.2 Å².